The van der Waals surface area contributed by atoms with Crippen LogP contribution < -0.4 is 0 Å². The number of nitrogens with zero attached hydrogens (tertiary/aromatic N) is 2. The zero-order chi connectivity index (χ0) is 14.8. The van der Waals surface area contributed by atoms with Gasteiger partial charge in [0.25, 0.3) is 0 Å². The zero-order valence-electron chi connectivity index (χ0n) is 13.9. The normalized spacial score (nSPS) is 34.0. The predicted octanol–water partition coefficient (Wildman–Crippen LogP) is 2.59. The molecule has 3 unspecified atom stereocenters. The molecule has 1 saturated heterocycles. The lowest BCUT2D eigenvalue weighted by atomic mass is 9.70. The molecular weight excluding hydrogens is 248 g/mol. The lowest BCUT2D eigenvalue weighted by molar-refractivity contribution is -0.00592. The Balaban J connectivity index is 1.80. The van der Waals surface area contributed by atoms with Crippen molar-refractivity contribution in [2.75, 3.05) is 32.7 Å². The highest BCUT2D eigenvalue weighted by atomic mass is 16.3. The number of hydrogen-bond donors (Lipinski definition) is 1. The lowest BCUT2D eigenvalue weighted by Crippen LogP contribution is -2.52. The van der Waals surface area contributed by atoms with Crippen LogP contribution in [0.15, 0.2) is 0 Å². The highest BCUT2D eigenvalue weighted by molar-refractivity contribution is 4.87. The second-order valence-electron chi connectivity index (χ2n) is 7.83. The largest absolute Gasteiger partial charge is 0.393 e. The Morgan fingerprint density at radius 3 is 2.45 bits per heavy atom. The van der Waals surface area contributed by atoms with Gasteiger partial charge in [-0.3, -0.25) is 4.90 Å². The molecule has 3 atom stereocenters. The fraction of sp³-hybridized carbons (Fsp3) is 1.00. The summed E-state index contributed by atoms with van der Waals surface area (Å²) in [7, 11) is 0. The van der Waals surface area contributed by atoms with E-state index in [-0.39, 0.29) is 6.10 Å². The molecule has 3 nitrogen and oxygen atoms in total. The van der Waals surface area contributed by atoms with Crippen LogP contribution in [0.25, 0.3) is 0 Å². The number of aliphatic hydroxyl groups is 1. The highest BCUT2D eigenvalue weighted by Gasteiger charge is 2.35. The van der Waals surface area contributed by atoms with E-state index in [0.29, 0.717) is 11.3 Å². The molecular formula is C17H34N2O. The maximum Gasteiger partial charge on any atom is 0.0581 e. The first-order chi connectivity index (χ1) is 9.41. The van der Waals surface area contributed by atoms with E-state index in [9.17, 15) is 5.11 Å². The van der Waals surface area contributed by atoms with Gasteiger partial charge in [-0.15, -0.1) is 0 Å². The van der Waals surface area contributed by atoms with Crippen LogP contribution in [0.2, 0.25) is 0 Å². The first-order valence-corrected chi connectivity index (χ1v) is 8.56. The third kappa shape index (κ3) is 4.19. The summed E-state index contributed by atoms with van der Waals surface area (Å²) >= 11 is 0. The molecule has 0 amide bonds. The topological polar surface area (TPSA) is 26.7 Å². The molecule has 1 saturated carbocycles. The van der Waals surface area contributed by atoms with Crippen LogP contribution in [0.4, 0.5) is 0 Å². The summed E-state index contributed by atoms with van der Waals surface area (Å²) in [6.45, 7) is 15.2. The second-order valence-corrected chi connectivity index (χ2v) is 7.83. The highest BCUT2D eigenvalue weighted by Crippen LogP contribution is 2.39. The molecule has 118 valence electrons. The van der Waals surface area contributed by atoms with Crippen LogP contribution in [0, 0.1) is 11.3 Å². The minimum absolute atomic E-state index is 0.0735. The van der Waals surface area contributed by atoms with Crippen molar-refractivity contribution in [3.05, 3.63) is 0 Å². The Bertz CT molecular complexity index is 297. The van der Waals surface area contributed by atoms with Gasteiger partial charge in [-0.1, -0.05) is 20.8 Å². The molecule has 1 aliphatic heterocycles. The molecule has 1 heterocycles. The van der Waals surface area contributed by atoms with Crippen LogP contribution in [0.3, 0.4) is 0 Å². The van der Waals surface area contributed by atoms with E-state index < -0.39 is 0 Å². The van der Waals surface area contributed by atoms with Crippen LogP contribution in [0.1, 0.15) is 53.4 Å². The summed E-state index contributed by atoms with van der Waals surface area (Å²) in [5, 5.41) is 10.3. The summed E-state index contributed by atoms with van der Waals surface area (Å²) in [5.74, 6) is 0.480. The third-order valence-corrected chi connectivity index (χ3v) is 5.59. The lowest BCUT2D eigenvalue weighted by Gasteiger charge is -2.43. The van der Waals surface area contributed by atoms with Crippen molar-refractivity contribution < 1.29 is 5.11 Å². The number of hydrogen-bond acceptors (Lipinski definition) is 3. The van der Waals surface area contributed by atoms with E-state index in [1.54, 1.807) is 0 Å². The van der Waals surface area contributed by atoms with Gasteiger partial charge in [-0.05, 0) is 43.9 Å². The molecule has 0 aromatic rings. The molecule has 0 aromatic carbocycles. The van der Waals surface area contributed by atoms with E-state index in [0.717, 1.165) is 19.0 Å². The zero-order valence-corrected chi connectivity index (χ0v) is 13.9. The van der Waals surface area contributed by atoms with E-state index in [1.807, 2.05) is 0 Å². The smallest absolute Gasteiger partial charge is 0.0581 e. The van der Waals surface area contributed by atoms with Crippen molar-refractivity contribution in [3.63, 3.8) is 0 Å². The van der Waals surface area contributed by atoms with Gasteiger partial charge in [0.05, 0.1) is 6.10 Å². The van der Waals surface area contributed by atoms with E-state index in [1.165, 1.54) is 45.4 Å². The van der Waals surface area contributed by atoms with Gasteiger partial charge in [0, 0.05) is 38.8 Å². The molecule has 0 aromatic heterocycles. The molecule has 0 radical (unpaired) electrons. The molecule has 0 spiro atoms. The average Bonchev–Trinajstić information content (AvgIpc) is 2.43. The summed E-state index contributed by atoms with van der Waals surface area (Å²) in [6.07, 6.45) is 4.52. The maximum absolute atomic E-state index is 10.3. The Hall–Kier alpha value is -0.120. The van der Waals surface area contributed by atoms with Gasteiger partial charge in [0.2, 0.25) is 0 Å². The maximum atomic E-state index is 10.3. The Morgan fingerprint density at radius 2 is 1.85 bits per heavy atom. The Kier molecular flexibility index (Phi) is 5.49. The molecule has 1 aliphatic carbocycles. The Morgan fingerprint density at radius 1 is 1.20 bits per heavy atom. The number of piperazine rings is 1. The Labute approximate surface area is 125 Å². The second kappa shape index (κ2) is 6.76. The van der Waals surface area contributed by atoms with Crippen molar-refractivity contribution in [3.8, 4) is 0 Å². The van der Waals surface area contributed by atoms with Gasteiger partial charge in [0.15, 0.2) is 0 Å². The fourth-order valence-electron chi connectivity index (χ4n) is 3.88. The third-order valence-electron chi connectivity index (χ3n) is 5.59. The summed E-state index contributed by atoms with van der Waals surface area (Å²) in [4.78, 5) is 5.19. The van der Waals surface area contributed by atoms with Crippen molar-refractivity contribution in [1.82, 2.24) is 9.80 Å². The van der Waals surface area contributed by atoms with E-state index >= 15 is 0 Å². The van der Waals surface area contributed by atoms with Crippen LogP contribution in [-0.4, -0.2) is 59.8 Å². The van der Waals surface area contributed by atoms with Gasteiger partial charge in [0.1, 0.15) is 0 Å². The quantitative estimate of drug-likeness (QED) is 0.858. The molecule has 0 bridgehead atoms. The molecule has 3 heteroatoms. The summed E-state index contributed by atoms with van der Waals surface area (Å²) in [5.41, 5.74) is 0.419. The summed E-state index contributed by atoms with van der Waals surface area (Å²) in [6, 6.07) is 0.719. The van der Waals surface area contributed by atoms with Gasteiger partial charge < -0.3 is 10.0 Å². The van der Waals surface area contributed by atoms with Crippen molar-refractivity contribution in [2.45, 2.75) is 65.5 Å². The monoisotopic (exact) mass is 282 g/mol. The number of aliphatic hydroxyl groups excluding tert-OH is 1. The molecule has 2 fully saturated rings. The fourth-order valence-corrected chi connectivity index (χ4v) is 3.88. The molecule has 2 rings (SSSR count). The van der Waals surface area contributed by atoms with E-state index in [2.05, 4.69) is 37.5 Å². The van der Waals surface area contributed by atoms with Crippen LogP contribution >= 0.6 is 0 Å². The summed E-state index contributed by atoms with van der Waals surface area (Å²) < 4.78 is 0. The van der Waals surface area contributed by atoms with Crippen molar-refractivity contribution >= 4 is 0 Å². The first kappa shape index (κ1) is 16.3. The SMILES string of the molecule is CCC(C)N1CCN(CC2CC(C)(C)CCC2O)CC1. The molecule has 2 aliphatic rings. The average molecular weight is 282 g/mol. The standard InChI is InChI=1S/C17H34N2O/c1-5-14(2)19-10-8-18(9-11-19)13-15-12-17(3,4)7-6-16(15)20/h14-16,20H,5-13H2,1-4H3. The van der Waals surface area contributed by atoms with Crippen LogP contribution in [-0.2, 0) is 0 Å². The number of rotatable bonds is 4. The first-order valence-electron chi connectivity index (χ1n) is 8.56. The van der Waals surface area contributed by atoms with Gasteiger partial charge in [-0.2, -0.15) is 0 Å². The van der Waals surface area contributed by atoms with Crippen LogP contribution in [0.5, 0.6) is 0 Å². The predicted molar refractivity (Wildman–Crippen MR) is 84.9 cm³/mol. The molecule has 1 N–H and O–H groups in total. The van der Waals surface area contributed by atoms with E-state index in [4.69, 9.17) is 0 Å². The molecule has 20 heavy (non-hydrogen) atoms. The van der Waals surface area contributed by atoms with Crippen molar-refractivity contribution in [2.24, 2.45) is 11.3 Å². The minimum atomic E-state index is -0.0735. The van der Waals surface area contributed by atoms with Gasteiger partial charge >= 0.3 is 0 Å². The minimum Gasteiger partial charge on any atom is -0.393 e. The van der Waals surface area contributed by atoms with Gasteiger partial charge in [-0.25, -0.2) is 0 Å². The van der Waals surface area contributed by atoms with Crippen molar-refractivity contribution in [1.29, 1.82) is 0 Å².